The number of hydrogen-bond donors (Lipinski definition) is 2. The zero-order valence-corrected chi connectivity index (χ0v) is 17.3. The maximum atomic E-state index is 14.3. The number of anilines is 1. The van der Waals surface area contributed by atoms with Crippen LogP contribution in [0.3, 0.4) is 0 Å². The fourth-order valence-electron chi connectivity index (χ4n) is 3.70. The molecular formula is C21H21F3N4OS. The first kappa shape index (κ1) is 20.7. The first-order valence-corrected chi connectivity index (χ1v) is 10.3. The van der Waals surface area contributed by atoms with Gasteiger partial charge < -0.3 is 10.4 Å². The van der Waals surface area contributed by atoms with Crippen LogP contribution in [-0.4, -0.2) is 33.0 Å². The summed E-state index contributed by atoms with van der Waals surface area (Å²) in [5.41, 5.74) is -0.863. The molecular weight excluding hydrogens is 413 g/mol. The predicted molar refractivity (Wildman–Crippen MR) is 109 cm³/mol. The molecule has 1 aliphatic rings. The lowest BCUT2D eigenvalue weighted by atomic mass is 9.65. The first-order chi connectivity index (χ1) is 14.2. The molecule has 0 amide bonds. The van der Waals surface area contributed by atoms with Crippen LogP contribution in [0.1, 0.15) is 37.9 Å². The Labute approximate surface area is 176 Å². The van der Waals surface area contributed by atoms with Crippen molar-refractivity contribution in [3.63, 3.8) is 0 Å². The molecule has 9 heteroatoms. The molecule has 0 aliphatic heterocycles. The monoisotopic (exact) mass is 434 g/mol. The normalized spacial score (nSPS) is 21.3. The van der Waals surface area contributed by atoms with Crippen LogP contribution in [0.5, 0.6) is 0 Å². The van der Waals surface area contributed by atoms with E-state index < -0.39 is 28.8 Å². The van der Waals surface area contributed by atoms with Crippen molar-refractivity contribution in [1.82, 2.24) is 15.2 Å². The molecule has 2 N–H and O–H groups in total. The molecule has 0 saturated heterocycles. The highest BCUT2D eigenvalue weighted by Crippen LogP contribution is 2.46. The standard InChI is InChI=1S/C21H21F3N4OS/c1-20(2,29)12-5-6-15(23)14(8-12)18-27-28-19(30-18)26-11-21(9-13(22)10-21)17-16(24)4-3-7-25-17/h3-8,13,29H,9-11H2,1-2H3,(H,26,28)/t13-,21-. The Morgan fingerprint density at radius 1 is 1.20 bits per heavy atom. The number of nitrogens with zero attached hydrogens (tertiary/aromatic N) is 3. The summed E-state index contributed by atoms with van der Waals surface area (Å²) in [5, 5.41) is 22.1. The van der Waals surface area contributed by atoms with Crippen molar-refractivity contribution in [2.45, 2.75) is 43.9 Å². The molecule has 1 aromatic carbocycles. The Morgan fingerprint density at radius 3 is 2.63 bits per heavy atom. The molecule has 0 unspecified atom stereocenters. The second-order valence-electron chi connectivity index (χ2n) is 8.14. The van der Waals surface area contributed by atoms with E-state index >= 15 is 0 Å². The highest BCUT2D eigenvalue weighted by Gasteiger charge is 2.48. The average molecular weight is 434 g/mol. The summed E-state index contributed by atoms with van der Waals surface area (Å²) in [6.07, 6.45) is 0.827. The highest BCUT2D eigenvalue weighted by molar-refractivity contribution is 7.18. The third-order valence-electron chi connectivity index (χ3n) is 5.39. The zero-order chi connectivity index (χ0) is 21.5. The molecule has 2 heterocycles. The lowest BCUT2D eigenvalue weighted by Crippen LogP contribution is -2.48. The van der Waals surface area contributed by atoms with Crippen molar-refractivity contribution in [3.05, 3.63) is 59.4 Å². The first-order valence-electron chi connectivity index (χ1n) is 9.53. The summed E-state index contributed by atoms with van der Waals surface area (Å²) >= 11 is 1.13. The minimum Gasteiger partial charge on any atom is -0.386 e. The Kier molecular flexibility index (Phi) is 5.27. The minimum atomic E-state index is -1.12. The van der Waals surface area contributed by atoms with Gasteiger partial charge in [0.25, 0.3) is 0 Å². The summed E-state index contributed by atoms with van der Waals surface area (Å²) in [6.45, 7) is 3.47. The third-order valence-corrected chi connectivity index (χ3v) is 6.31. The van der Waals surface area contributed by atoms with Crippen molar-refractivity contribution >= 4 is 16.5 Å². The molecule has 5 nitrogen and oxygen atoms in total. The van der Waals surface area contributed by atoms with Crippen LogP contribution in [0.2, 0.25) is 0 Å². The van der Waals surface area contributed by atoms with Crippen molar-refractivity contribution < 1.29 is 18.3 Å². The molecule has 0 bridgehead atoms. The van der Waals surface area contributed by atoms with Gasteiger partial charge in [0.2, 0.25) is 5.13 Å². The van der Waals surface area contributed by atoms with E-state index in [4.69, 9.17) is 0 Å². The number of hydrogen-bond acceptors (Lipinski definition) is 6. The van der Waals surface area contributed by atoms with Gasteiger partial charge in [-0.3, -0.25) is 4.98 Å². The van der Waals surface area contributed by atoms with E-state index in [-0.39, 0.29) is 30.6 Å². The van der Waals surface area contributed by atoms with Gasteiger partial charge in [0, 0.05) is 23.7 Å². The summed E-state index contributed by atoms with van der Waals surface area (Å²) in [4.78, 5) is 4.13. The molecule has 1 fully saturated rings. The van der Waals surface area contributed by atoms with Crippen molar-refractivity contribution in [2.24, 2.45) is 0 Å². The van der Waals surface area contributed by atoms with Gasteiger partial charge >= 0.3 is 0 Å². The summed E-state index contributed by atoms with van der Waals surface area (Å²) in [6, 6.07) is 7.17. The van der Waals surface area contributed by atoms with E-state index in [9.17, 15) is 18.3 Å². The quantitative estimate of drug-likeness (QED) is 0.594. The van der Waals surface area contributed by atoms with Gasteiger partial charge in [0.05, 0.1) is 11.3 Å². The average Bonchev–Trinajstić information content (AvgIpc) is 3.13. The molecule has 1 aliphatic carbocycles. The molecule has 0 spiro atoms. The maximum absolute atomic E-state index is 14.3. The van der Waals surface area contributed by atoms with E-state index in [2.05, 4.69) is 20.5 Å². The number of rotatable bonds is 6. The van der Waals surface area contributed by atoms with Gasteiger partial charge in [-0.1, -0.05) is 17.4 Å². The molecule has 3 aromatic rings. The van der Waals surface area contributed by atoms with Crippen LogP contribution < -0.4 is 5.32 Å². The SMILES string of the molecule is CC(C)(O)c1ccc(F)c(-c2nnc(NC[C@]3(c4ncccc4F)C[C@H](F)C3)s2)c1. The molecule has 4 rings (SSSR count). The number of benzene rings is 1. The second-order valence-corrected chi connectivity index (χ2v) is 9.12. The van der Waals surface area contributed by atoms with Crippen molar-refractivity contribution in [3.8, 4) is 10.6 Å². The topological polar surface area (TPSA) is 70.9 Å². The van der Waals surface area contributed by atoms with Crippen molar-refractivity contribution in [1.29, 1.82) is 0 Å². The van der Waals surface area contributed by atoms with Crippen LogP contribution >= 0.6 is 11.3 Å². The van der Waals surface area contributed by atoms with E-state index in [1.165, 1.54) is 30.5 Å². The number of pyridine rings is 1. The Bertz CT molecular complexity index is 1060. The minimum absolute atomic E-state index is 0.169. The molecule has 158 valence electrons. The van der Waals surface area contributed by atoms with Gasteiger partial charge in [-0.05, 0) is 56.5 Å². The van der Waals surface area contributed by atoms with Gasteiger partial charge in [0.1, 0.15) is 17.8 Å². The lowest BCUT2D eigenvalue weighted by molar-refractivity contribution is 0.0786. The number of aliphatic hydroxyl groups is 1. The van der Waals surface area contributed by atoms with Crippen molar-refractivity contribution in [2.75, 3.05) is 11.9 Å². The Balaban J connectivity index is 1.55. The smallest absolute Gasteiger partial charge is 0.206 e. The molecule has 30 heavy (non-hydrogen) atoms. The van der Waals surface area contributed by atoms with E-state index in [1.807, 2.05) is 0 Å². The van der Waals surface area contributed by atoms with Crippen LogP contribution in [0.25, 0.3) is 10.6 Å². The van der Waals surface area contributed by atoms with Crippen LogP contribution in [0.4, 0.5) is 18.3 Å². The summed E-state index contributed by atoms with van der Waals surface area (Å²) in [7, 11) is 0. The Morgan fingerprint density at radius 2 is 1.97 bits per heavy atom. The largest absolute Gasteiger partial charge is 0.386 e. The van der Waals surface area contributed by atoms with Crippen LogP contribution in [-0.2, 0) is 11.0 Å². The van der Waals surface area contributed by atoms with E-state index in [0.717, 1.165) is 11.3 Å². The molecule has 2 aromatic heterocycles. The van der Waals surface area contributed by atoms with Gasteiger partial charge in [-0.15, -0.1) is 10.2 Å². The molecule has 0 radical (unpaired) electrons. The maximum Gasteiger partial charge on any atom is 0.206 e. The lowest BCUT2D eigenvalue weighted by Gasteiger charge is -2.43. The number of halogens is 3. The Hall–Kier alpha value is -2.52. The number of alkyl halides is 1. The predicted octanol–water partition coefficient (Wildman–Crippen LogP) is 4.59. The van der Waals surface area contributed by atoms with Crippen LogP contribution in [0, 0.1) is 11.6 Å². The number of nitrogens with one attached hydrogen (secondary N) is 1. The highest BCUT2D eigenvalue weighted by atomic mass is 32.1. The fourth-order valence-corrected chi connectivity index (χ4v) is 4.46. The van der Waals surface area contributed by atoms with E-state index in [0.29, 0.717) is 15.7 Å². The molecule has 0 atom stereocenters. The van der Waals surface area contributed by atoms with Gasteiger partial charge in [-0.25, -0.2) is 13.2 Å². The summed E-state index contributed by atoms with van der Waals surface area (Å²) < 4.78 is 42.3. The number of aromatic nitrogens is 3. The summed E-state index contributed by atoms with van der Waals surface area (Å²) in [5.74, 6) is -0.938. The molecule has 1 saturated carbocycles. The fraction of sp³-hybridized carbons (Fsp3) is 0.381. The van der Waals surface area contributed by atoms with E-state index in [1.54, 1.807) is 19.9 Å². The second kappa shape index (κ2) is 7.63. The van der Waals surface area contributed by atoms with Crippen LogP contribution in [0.15, 0.2) is 36.5 Å². The third kappa shape index (κ3) is 3.91. The van der Waals surface area contributed by atoms with Gasteiger partial charge in [-0.2, -0.15) is 0 Å². The zero-order valence-electron chi connectivity index (χ0n) is 16.5. The van der Waals surface area contributed by atoms with Gasteiger partial charge in [0.15, 0.2) is 5.01 Å².